The summed E-state index contributed by atoms with van der Waals surface area (Å²) >= 11 is 1.39. The summed E-state index contributed by atoms with van der Waals surface area (Å²) in [4.78, 5) is 16.7. The first-order valence-corrected chi connectivity index (χ1v) is 10.7. The summed E-state index contributed by atoms with van der Waals surface area (Å²) in [5.41, 5.74) is 0.788. The Hall–Kier alpha value is -1.93. The maximum absolute atomic E-state index is 13.4. The number of hydrogen-bond acceptors (Lipinski definition) is 5. The van der Waals surface area contributed by atoms with Crippen LogP contribution in [0.3, 0.4) is 0 Å². The summed E-state index contributed by atoms with van der Waals surface area (Å²) in [5, 5.41) is 9.36. The molecule has 1 aromatic carbocycles. The zero-order valence-electron chi connectivity index (χ0n) is 16.9. The van der Waals surface area contributed by atoms with Gasteiger partial charge in [-0.3, -0.25) is 14.3 Å². The molecular formula is C20H28FN5OS. The van der Waals surface area contributed by atoms with Crippen LogP contribution < -0.4 is 0 Å². The Labute approximate surface area is 170 Å². The number of amides is 1. The van der Waals surface area contributed by atoms with Crippen molar-refractivity contribution in [3.05, 3.63) is 35.9 Å². The van der Waals surface area contributed by atoms with Gasteiger partial charge in [-0.15, -0.1) is 10.2 Å². The second-order valence-corrected chi connectivity index (χ2v) is 8.46. The van der Waals surface area contributed by atoms with Crippen LogP contribution in [0.1, 0.15) is 45.0 Å². The lowest BCUT2D eigenvalue weighted by Gasteiger charge is -2.33. The molecule has 1 aliphatic heterocycles. The molecule has 0 saturated carbocycles. The Morgan fingerprint density at radius 1 is 1.29 bits per heavy atom. The monoisotopic (exact) mass is 405 g/mol. The quantitative estimate of drug-likeness (QED) is 0.689. The second-order valence-electron chi connectivity index (χ2n) is 7.51. The van der Waals surface area contributed by atoms with Crippen LogP contribution >= 0.6 is 11.8 Å². The van der Waals surface area contributed by atoms with E-state index < -0.39 is 0 Å². The summed E-state index contributed by atoms with van der Waals surface area (Å²) in [6.07, 6.45) is 3.31. The minimum Gasteiger partial charge on any atom is -0.339 e. The van der Waals surface area contributed by atoms with Gasteiger partial charge in [-0.25, -0.2) is 4.39 Å². The summed E-state index contributed by atoms with van der Waals surface area (Å²) in [7, 11) is 3.95. The molecule has 1 saturated heterocycles. The minimum atomic E-state index is -0.289. The van der Waals surface area contributed by atoms with Gasteiger partial charge in [0.1, 0.15) is 5.82 Å². The van der Waals surface area contributed by atoms with Crippen molar-refractivity contribution in [2.24, 2.45) is 0 Å². The normalized spacial score (nSPS) is 18.5. The van der Waals surface area contributed by atoms with Crippen LogP contribution in [-0.2, 0) is 4.79 Å². The van der Waals surface area contributed by atoms with Crippen molar-refractivity contribution in [2.75, 3.05) is 26.4 Å². The molecule has 0 bridgehead atoms. The van der Waals surface area contributed by atoms with Crippen molar-refractivity contribution in [2.45, 2.75) is 50.4 Å². The second kappa shape index (κ2) is 9.05. The molecule has 2 aromatic rings. The Morgan fingerprint density at radius 2 is 2.00 bits per heavy atom. The highest BCUT2D eigenvalue weighted by Gasteiger charge is 2.25. The molecule has 0 unspecified atom stereocenters. The summed E-state index contributed by atoms with van der Waals surface area (Å²) in [5.74, 6) is 0.925. The number of carbonyl (C=O) groups excluding carboxylic acids is 1. The molecule has 1 aromatic heterocycles. The third kappa shape index (κ3) is 4.55. The van der Waals surface area contributed by atoms with Gasteiger partial charge in [-0.1, -0.05) is 11.8 Å². The molecule has 3 rings (SSSR count). The highest BCUT2D eigenvalue weighted by molar-refractivity contribution is 7.99. The predicted molar refractivity (Wildman–Crippen MR) is 109 cm³/mol. The molecule has 1 fully saturated rings. The van der Waals surface area contributed by atoms with Gasteiger partial charge in [0.25, 0.3) is 0 Å². The molecule has 0 N–H and O–H groups in total. The number of likely N-dealkylation sites (tertiary alicyclic amines) is 1. The number of piperidine rings is 1. The smallest absolute Gasteiger partial charge is 0.233 e. The summed E-state index contributed by atoms with van der Waals surface area (Å²) in [6, 6.07) is 6.58. The van der Waals surface area contributed by atoms with E-state index in [2.05, 4.69) is 17.1 Å². The number of halogens is 1. The van der Waals surface area contributed by atoms with E-state index in [1.165, 1.54) is 30.3 Å². The molecule has 1 amide bonds. The lowest BCUT2D eigenvalue weighted by atomic mass is 10.0. The fourth-order valence-corrected chi connectivity index (χ4v) is 4.23. The van der Waals surface area contributed by atoms with Crippen molar-refractivity contribution in [3.8, 4) is 5.69 Å². The van der Waals surface area contributed by atoms with E-state index >= 15 is 0 Å². The predicted octanol–water partition coefficient (Wildman–Crippen LogP) is 3.52. The molecule has 2 atom stereocenters. The number of carbonyl (C=O) groups is 1. The van der Waals surface area contributed by atoms with Gasteiger partial charge in [-0.2, -0.15) is 0 Å². The van der Waals surface area contributed by atoms with Crippen molar-refractivity contribution >= 4 is 17.7 Å². The molecule has 28 heavy (non-hydrogen) atoms. The minimum absolute atomic E-state index is 0.0183. The van der Waals surface area contributed by atoms with Gasteiger partial charge in [0.2, 0.25) is 5.91 Å². The van der Waals surface area contributed by atoms with Crippen LogP contribution in [0.2, 0.25) is 0 Å². The molecule has 0 spiro atoms. The third-order valence-corrected chi connectivity index (χ3v) is 6.25. The average Bonchev–Trinajstić information content (AvgIpc) is 3.10. The topological polar surface area (TPSA) is 54.3 Å². The maximum atomic E-state index is 13.4. The highest BCUT2D eigenvalue weighted by Crippen LogP contribution is 2.28. The lowest BCUT2D eigenvalue weighted by Crippen LogP contribution is -2.43. The van der Waals surface area contributed by atoms with E-state index in [1.807, 2.05) is 35.4 Å². The van der Waals surface area contributed by atoms with Crippen LogP contribution in [0, 0.1) is 5.82 Å². The SMILES string of the molecule is C[C@@H]1CCCCN1C(=O)CSc1nnc([C@H](C)N(C)C)n1-c1ccc(F)cc1. The zero-order chi connectivity index (χ0) is 20.3. The van der Waals surface area contributed by atoms with Gasteiger partial charge in [0, 0.05) is 18.3 Å². The van der Waals surface area contributed by atoms with Crippen molar-refractivity contribution in [3.63, 3.8) is 0 Å². The molecule has 1 aliphatic rings. The van der Waals surface area contributed by atoms with Gasteiger partial charge in [-0.05, 0) is 71.5 Å². The fraction of sp³-hybridized carbons (Fsp3) is 0.550. The highest BCUT2D eigenvalue weighted by atomic mass is 32.2. The number of benzene rings is 1. The molecule has 0 radical (unpaired) electrons. The first-order chi connectivity index (χ1) is 13.4. The van der Waals surface area contributed by atoms with Gasteiger partial charge < -0.3 is 4.90 Å². The van der Waals surface area contributed by atoms with Crippen LogP contribution in [-0.4, -0.2) is 62.9 Å². The Morgan fingerprint density at radius 3 is 2.64 bits per heavy atom. The van der Waals surface area contributed by atoms with Crippen LogP contribution in [0.4, 0.5) is 4.39 Å². The standard InChI is InChI=1S/C20H28FN5OS/c1-14-7-5-6-12-25(14)18(27)13-28-20-23-22-19(15(2)24(3)4)26(20)17-10-8-16(21)9-11-17/h8-11,14-15H,5-7,12-13H2,1-4H3/t14-,15+/m1/s1. The van der Waals surface area contributed by atoms with Gasteiger partial charge in [0.05, 0.1) is 11.8 Å². The Kier molecular flexibility index (Phi) is 6.72. The number of hydrogen-bond donors (Lipinski definition) is 0. The zero-order valence-corrected chi connectivity index (χ0v) is 17.7. The fourth-order valence-electron chi connectivity index (χ4n) is 3.39. The van der Waals surface area contributed by atoms with Crippen LogP contribution in [0.25, 0.3) is 5.69 Å². The van der Waals surface area contributed by atoms with E-state index in [0.717, 1.165) is 30.9 Å². The number of nitrogens with zero attached hydrogens (tertiary/aromatic N) is 5. The van der Waals surface area contributed by atoms with Crippen LogP contribution in [0.15, 0.2) is 29.4 Å². The number of rotatable bonds is 6. The van der Waals surface area contributed by atoms with Crippen molar-refractivity contribution < 1.29 is 9.18 Å². The van der Waals surface area contributed by atoms with E-state index in [0.29, 0.717) is 17.0 Å². The summed E-state index contributed by atoms with van der Waals surface area (Å²) < 4.78 is 15.3. The largest absolute Gasteiger partial charge is 0.339 e. The van der Waals surface area contributed by atoms with Gasteiger partial charge in [0.15, 0.2) is 11.0 Å². The van der Waals surface area contributed by atoms with E-state index in [1.54, 1.807) is 12.1 Å². The Bertz CT molecular complexity index is 807. The van der Waals surface area contributed by atoms with Gasteiger partial charge >= 0.3 is 0 Å². The summed E-state index contributed by atoms with van der Waals surface area (Å²) in [6.45, 7) is 4.98. The maximum Gasteiger partial charge on any atom is 0.233 e. The van der Waals surface area contributed by atoms with Crippen LogP contribution in [0.5, 0.6) is 0 Å². The average molecular weight is 406 g/mol. The number of aromatic nitrogens is 3. The van der Waals surface area contributed by atoms with Crippen molar-refractivity contribution in [1.29, 1.82) is 0 Å². The molecular weight excluding hydrogens is 377 g/mol. The Balaban J connectivity index is 1.84. The first kappa shape index (κ1) is 20.8. The van der Waals surface area contributed by atoms with E-state index in [4.69, 9.17) is 0 Å². The lowest BCUT2D eigenvalue weighted by molar-refractivity contribution is -0.131. The third-order valence-electron chi connectivity index (χ3n) is 5.34. The molecule has 0 aliphatic carbocycles. The molecule has 2 heterocycles. The van der Waals surface area contributed by atoms with Crippen molar-refractivity contribution in [1.82, 2.24) is 24.6 Å². The molecule has 152 valence electrons. The first-order valence-electron chi connectivity index (χ1n) is 9.68. The molecule has 6 nitrogen and oxygen atoms in total. The van der Waals surface area contributed by atoms with E-state index in [9.17, 15) is 9.18 Å². The molecule has 8 heteroatoms. The van der Waals surface area contributed by atoms with E-state index in [-0.39, 0.29) is 17.8 Å². The number of thioether (sulfide) groups is 1.